The van der Waals surface area contributed by atoms with Gasteiger partial charge < -0.3 is 10.1 Å². The van der Waals surface area contributed by atoms with Crippen molar-refractivity contribution in [1.29, 1.82) is 0 Å². The maximum atomic E-state index is 10.9. The molecule has 0 saturated heterocycles. The molecule has 6 nitrogen and oxygen atoms in total. The zero-order chi connectivity index (χ0) is 12.9. The predicted octanol–water partition coefficient (Wildman–Crippen LogP) is 0.640. The summed E-state index contributed by atoms with van der Waals surface area (Å²) in [7, 11) is -1.37. The van der Waals surface area contributed by atoms with Gasteiger partial charge in [0.25, 0.3) is 0 Å². The van der Waals surface area contributed by atoms with Crippen LogP contribution in [0.3, 0.4) is 0 Å². The third-order valence-electron chi connectivity index (χ3n) is 2.01. The van der Waals surface area contributed by atoms with E-state index in [-0.39, 0.29) is 5.75 Å². The molecule has 1 aromatic rings. The topological polar surface area (TPSA) is 81.2 Å². The molecule has 1 rings (SSSR count). The number of hydrogen-bond acceptors (Lipinski definition) is 6. The molecule has 1 aromatic heterocycles. The monoisotopic (exact) mass is 259 g/mol. The summed E-state index contributed by atoms with van der Waals surface area (Å²) in [5.74, 6) is 1.10. The van der Waals surface area contributed by atoms with Gasteiger partial charge >= 0.3 is 0 Å². The Morgan fingerprint density at radius 1 is 1.41 bits per heavy atom. The Labute approximate surface area is 101 Å². The van der Waals surface area contributed by atoms with Gasteiger partial charge in [0.15, 0.2) is 0 Å². The summed E-state index contributed by atoms with van der Waals surface area (Å²) in [5, 5.41) is 2.97. The summed E-state index contributed by atoms with van der Waals surface area (Å²) in [5.41, 5.74) is 0.794. The van der Waals surface area contributed by atoms with Crippen LogP contribution in [-0.2, 0) is 9.84 Å². The highest BCUT2D eigenvalue weighted by atomic mass is 32.2. The third kappa shape index (κ3) is 5.48. The minimum absolute atomic E-state index is 0.156. The van der Waals surface area contributed by atoms with Gasteiger partial charge in [0.1, 0.15) is 9.84 Å². The minimum Gasteiger partial charge on any atom is -0.481 e. The lowest BCUT2D eigenvalue weighted by atomic mass is 10.4. The van der Waals surface area contributed by atoms with Crippen LogP contribution >= 0.6 is 0 Å². The van der Waals surface area contributed by atoms with Gasteiger partial charge in [-0.05, 0) is 13.3 Å². The quantitative estimate of drug-likeness (QED) is 0.755. The van der Waals surface area contributed by atoms with Gasteiger partial charge in [0, 0.05) is 24.6 Å². The van der Waals surface area contributed by atoms with Gasteiger partial charge in [-0.3, -0.25) is 0 Å². The largest absolute Gasteiger partial charge is 0.481 e. The number of rotatable bonds is 6. The summed E-state index contributed by atoms with van der Waals surface area (Å²) >= 11 is 0. The van der Waals surface area contributed by atoms with Crippen LogP contribution in [0.15, 0.2) is 6.07 Å². The van der Waals surface area contributed by atoms with Crippen LogP contribution in [0, 0.1) is 6.92 Å². The lowest BCUT2D eigenvalue weighted by Crippen LogP contribution is -2.11. The van der Waals surface area contributed by atoms with Crippen molar-refractivity contribution in [2.75, 3.05) is 31.0 Å². The van der Waals surface area contributed by atoms with E-state index in [9.17, 15) is 8.42 Å². The number of anilines is 1. The van der Waals surface area contributed by atoms with Gasteiger partial charge in [0.2, 0.25) is 11.8 Å². The van der Waals surface area contributed by atoms with E-state index in [2.05, 4.69) is 15.3 Å². The Hall–Kier alpha value is -1.37. The molecule has 1 heterocycles. The summed E-state index contributed by atoms with van der Waals surface area (Å²) in [6.07, 6.45) is 1.75. The van der Waals surface area contributed by atoms with Gasteiger partial charge in [-0.1, -0.05) is 0 Å². The second-order valence-corrected chi connectivity index (χ2v) is 6.05. The van der Waals surface area contributed by atoms with Crippen LogP contribution in [0.5, 0.6) is 5.88 Å². The fourth-order valence-corrected chi connectivity index (χ4v) is 1.93. The molecule has 7 heteroatoms. The average molecular weight is 259 g/mol. The number of sulfone groups is 1. The summed E-state index contributed by atoms with van der Waals surface area (Å²) in [6, 6.07) is 1.72. The van der Waals surface area contributed by atoms with Crippen molar-refractivity contribution in [3.05, 3.63) is 11.8 Å². The minimum atomic E-state index is -2.91. The van der Waals surface area contributed by atoms with Crippen LogP contribution in [0.25, 0.3) is 0 Å². The molecular formula is C10H17N3O3S. The molecule has 17 heavy (non-hydrogen) atoms. The average Bonchev–Trinajstić information content (AvgIpc) is 2.22. The zero-order valence-corrected chi connectivity index (χ0v) is 11.0. The molecule has 0 amide bonds. The first-order valence-corrected chi connectivity index (χ1v) is 7.28. The van der Waals surface area contributed by atoms with Crippen LogP contribution in [0.1, 0.15) is 12.1 Å². The van der Waals surface area contributed by atoms with Gasteiger partial charge in [0.05, 0.1) is 12.9 Å². The Balaban J connectivity index is 2.49. The highest BCUT2D eigenvalue weighted by molar-refractivity contribution is 7.90. The highest BCUT2D eigenvalue weighted by Crippen LogP contribution is 2.10. The first-order valence-electron chi connectivity index (χ1n) is 5.22. The Morgan fingerprint density at radius 2 is 2.12 bits per heavy atom. The first kappa shape index (κ1) is 13.7. The van der Waals surface area contributed by atoms with Crippen LogP contribution in [-0.4, -0.2) is 44.0 Å². The molecule has 0 atom stereocenters. The summed E-state index contributed by atoms with van der Waals surface area (Å²) in [4.78, 5) is 8.26. The van der Waals surface area contributed by atoms with Crippen molar-refractivity contribution in [3.8, 4) is 5.88 Å². The molecule has 0 radical (unpaired) electrons. The fraction of sp³-hybridized carbons (Fsp3) is 0.600. The number of nitrogens with one attached hydrogen (secondary N) is 1. The number of ether oxygens (including phenoxy) is 1. The number of aryl methyl sites for hydroxylation is 1. The molecule has 0 aromatic carbocycles. The number of nitrogens with zero attached hydrogens (tertiary/aromatic N) is 2. The third-order valence-corrected chi connectivity index (χ3v) is 3.05. The normalized spacial score (nSPS) is 11.2. The van der Waals surface area contributed by atoms with Gasteiger partial charge in [-0.25, -0.2) is 13.4 Å². The maximum absolute atomic E-state index is 10.9. The first-order chi connectivity index (χ1) is 7.90. The Morgan fingerprint density at radius 3 is 2.71 bits per heavy atom. The molecule has 96 valence electrons. The molecule has 0 aliphatic carbocycles. The van der Waals surface area contributed by atoms with E-state index in [0.717, 1.165) is 5.69 Å². The molecule has 0 unspecified atom stereocenters. The molecular weight excluding hydrogens is 242 g/mol. The molecule has 1 N–H and O–H groups in total. The van der Waals surface area contributed by atoms with E-state index in [1.807, 2.05) is 6.92 Å². The van der Waals surface area contributed by atoms with E-state index < -0.39 is 9.84 Å². The molecule has 0 saturated carbocycles. The lowest BCUT2D eigenvalue weighted by molar-refractivity contribution is 0.397. The van der Waals surface area contributed by atoms with Crippen LogP contribution < -0.4 is 10.1 Å². The van der Waals surface area contributed by atoms with Crippen LogP contribution in [0.2, 0.25) is 0 Å². The van der Waals surface area contributed by atoms with E-state index in [0.29, 0.717) is 24.8 Å². The second kappa shape index (κ2) is 5.81. The smallest absolute Gasteiger partial charge is 0.226 e. The van der Waals surface area contributed by atoms with Crippen molar-refractivity contribution in [3.63, 3.8) is 0 Å². The van der Waals surface area contributed by atoms with E-state index >= 15 is 0 Å². The Kier molecular flexibility index (Phi) is 4.68. The van der Waals surface area contributed by atoms with Crippen molar-refractivity contribution in [2.45, 2.75) is 13.3 Å². The van der Waals surface area contributed by atoms with E-state index in [1.165, 1.54) is 13.4 Å². The number of hydrogen-bond donors (Lipinski definition) is 1. The summed E-state index contributed by atoms with van der Waals surface area (Å²) < 4.78 is 26.8. The fourth-order valence-electron chi connectivity index (χ4n) is 1.26. The van der Waals surface area contributed by atoms with Crippen molar-refractivity contribution in [1.82, 2.24) is 9.97 Å². The number of methoxy groups -OCH3 is 1. The van der Waals surface area contributed by atoms with Crippen molar-refractivity contribution >= 4 is 15.8 Å². The van der Waals surface area contributed by atoms with Crippen molar-refractivity contribution in [2.24, 2.45) is 0 Å². The molecule has 0 fully saturated rings. The number of aromatic nitrogens is 2. The lowest BCUT2D eigenvalue weighted by Gasteiger charge is -2.06. The maximum Gasteiger partial charge on any atom is 0.226 e. The highest BCUT2D eigenvalue weighted by Gasteiger charge is 2.04. The molecule has 0 bridgehead atoms. The molecule has 0 spiro atoms. The van der Waals surface area contributed by atoms with Crippen molar-refractivity contribution < 1.29 is 13.2 Å². The van der Waals surface area contributed by atoms with Crippen LogP contribution in [0.4, 0.5) is 5.95 Å². The Bertz CT molecular complexity index is 474. The van der Waals surface area contributed by atoms with E-state index in [4.69, 9.17) is 4.74 Å². The standard InChI is InChI=1S/C10H17N3O3S/c1-8-7-9(16-2)13-10(12-8)11-5-4-6-17(3,14)15/h7H,4-6H2,1-3H3,(H,11,12,13). The predicted molar refractivity (Wildman–Crippen MR) is 66.1 cm³/mol. The molecule has 0 aliphatic heterocycles. The van der Waals surface area contributed by atoms with Gasteiger partial charge in [-0.15, -0.1) is 0 Å². The molecule has 0 aliphatic rings. The zero-order valence-electron chi connectivity index (χ0n) is 10.2. The second-order valence-electron chi connectivity index (χ2n) is 3.79. The van der Waals surface area contributed by atoms with Gasteiger partial charge in [-0.2, -0.15) is 4.98 Å². The SMILES string of the molecule is COc1cc(C)nc(NCCCS(C)(=O)=O)n1. The summed E-state index contributed by atoms with van der Waals surface area (Å²) in [6.45, 7) is 2.35. The van der Waals surface area contributed by atoms with E-state index in [1.54, 1.807) is 6.07 Å².